The van der Waals surface area contributed by atoms with Crippen molar-refractivity contribution in [1.82, 2.24) is 10.2 Å². The van der Waals surface area contributed by atoms with Crippen molar-refractivity contribution in [2.75, 3.05) is 27.7 Å². The number of hydrogen-bond donors (Lipinski definition) is 1. The largest absolute Gasteiger partial charge is 0.444 e. The molecule has 1 aromatic carbocycles. The number of Topliss-reactive ketones (excluding diaryl/α,β-unsaturated/α-hetero) is 1. The van der Waals surface area contributed by atoms with Gasteiger partial charge in [-0.3, -0.25) is 15.1 Å². The van der Waals surface area contributed by atoms with E-state index in [1.807, 2.05) is 0 Å². The molecule has 0 bridgehead atoms. The Hall–Kier alpha value is -2.68. The lowest BCUT2D eigenvalue weighted by Gasteiger charge is -2.21. The molecule has 2 rings (SSSR count). The average Bonchev–Trinajstić information content (AvgIpc) is 2.57. The highest BCUT2D eigenvalue weighted by Crippen LogP contribution is 2.32. The van der Waals surface area contributed by atoms with E-state index in [-0.39, 0.29) is 26.9 Å². The summed E-state index contributed by atoms with van der Waals surface area (Å²) in [4.78, 5) is 29.4. The second-order valence-corrected chi connectivity index (χ2v) is 7.46. The van der Waals surface area contributed by atoms with Crippen LogP contribution in [-0.2, 0) is 14.6 Å². The zero-order valence-electron chi connectivity index (χ0n) is 14.4. The van der Waals surface area contributed by atoms with Crippen LogP contribution in [0.25, 0.3) is 0 Å². The van der Waals surface area contributed by atoms with E-state index in [0.717, 1.165) is 0 Å². The fraction of sp³-hybridized carbons (Fsp3) is 0.312. The van der Waals surface area contributed by atoms with Crippen LogP contribution >= 0.6 is 0 Å². The maximum Gasteiger partial charge on any atom is 0.414 e. The first-order valence-electron chi connectivity index (χ1n) is 7.36. The average molecular weight is 365 g/mol. The Kier molecular flexibility index (Phi) is 5.27. The smallest absolute Gasteiger partial charge is 0.414 e. The molecule has 8 nitrogen and oxygen atoms in total. The van der Waals surface area contributed by atoms with Gasteiger partial charge in [0.2, 0.25) is 15.8 Å². The topological polar surface area (TPSA) is 105 Å². The van der Waals surface area contributed by atoms with E-state index in [1.54, 1.807) is 25.1 Å². The van der Waals surface area contributed by atoms with Crippen molar-refractivity contribution in [3.8, 4) is 0 Å². The Morgan fingerprint density at radius 2 is 1.92 bits per heavy atom. The summed E-state index contributed by atoms with van der Waals surface area (Å²) in [5.41, 5.74) is 0.171. The van der Waals surface area contributed by atoms with Crippen LogP contribution in [0.2, 0.25) is 0 Å². The molecule has 1 aliphatic heterocycles. The van der Waals surface area contributed by atoms with Gasteiger partial charge in [-0.2, -0.15) is 0 Å². The van der Waals surface area contributed by atoms with Crippen LogP contribution in [-0.4, -0.2) is 58.9 Å². The van der Waals surface area contributed by atoms with E-state index in [4.69, 9.17) is 4.74 Å². The van der Waals surface area contributed by atoms with Crippen LogP contribution in [0.1, 0.15) is 17.3 Å². The van der Waals surface area contributed by atoms with Crippen molar-refractivity contribution in [2.45, 2.75) is 11.8 Å². The lowest BCUT2D eigenvalue weighted by atomic mass is 10.0. The number of fused-ring (bicyclic) bond motifs is 1. The maximum absolute atomic E-state index is 12.7. The van der Waals surface area contributed by atoms with E-state index in [1.165, 1.54) is 32.2 Å². The van der Waals surface area contributed by atoms with Crippen LogP contribution in [0.4, 0.5) is 4.79 Å². The number of carbonyl (C=O) groups is 2. The highest BCUT2D eigenvalue weighted by atomic mass is 32.2. The van der Waals surface area contributed by atoms with Gasteiger partial charge in [0.05, 0.1) is 9.80 Å². The van der Waals surface area contributed by atoms with Crippen molar-refractivity contribution in [3.05, 3.63) is 40.3 Å². The van der Waals surface area contributed by atoms with E-state index < -0.39 is 28.3 Å². The summed E-state index contributed by atoms with van der Waals surface area (Å²) in [6, 6.07) is 5.96. The molecule has 0 saturated heterocycles. The van der Waals surface area contributed by atoms with Gasteiger partial charge in [0, 0.05) is 32.3 Å². The molecule has 134 valence electrons. The van der Waals surface area contributed by atoms with Gasteiger partial charge in [0.15, 0.2) is 5.78 Å². The summed E-state index contributed by atoms with van der Waals surface area (Å²) in [6.45, 7) is 0.871. The summed E-state index contributed by atoms with van der Waals surface area (Å²) in [6.07, 6.45) is -0.865. The monoisotopic (exact) mass is 365 g/mol. The van der Waals surface area contributed by atoms with Gasteiger partial charge in [-0.25, -0.2) is 13.2 Å². The highest BCUT2D eigenvalue weighted by molar-refractivity contribution is 7.95. The van der Waals surface area contributed by atoms with Gasteiger partial charge in [-0.05, 0) is 19.1 Å². The predicted molar refractivity (Wildman–Crippen MR) is 92.2 cm³/mol. The molecule has 0 atom stereocenters. The molecule has 0 fully saturated rings. The Morgan fingerprint density at radius 1 is 1.28 bits per heavy atom. The van der Waals surface area contributed by atoms with Gasteiger partial charge in [-0.15, -0.1) is 0 Å². The molecular formula is C16H19N3O5S. The normalized spacial score (nSPS) is 16.3. The maximum atomic E-state index is 12.7. The minimum absolute atomic E-state index is 0.0449. The summed E-state index contributed by atoms with van der Waals surface area (Å²) >= 11 is 0. The molecular weight excluding hydrogens is 346 g/mol. The number of benzene rings is 1. The van der Waals surface area contributed by atoms with Crippen molar-refractivity contribution in [2.24, 2.45) is 4.99 Å². The number of sulfone groups is 1. The number of ether oxygens (including phenoxy) is 1. The third-order valence-electron chi connectivity index (χ3n) is 3.69. The van der Waals surface area contributed by atoms with E-state index >= 15 is 0 Å². The molecule has 0 saturated carbocycles. The second-order valence-electron chi connectivity index (χ2n) is 5.52. The van der Waals surface area contributed by atoms with Crippen molar-refractivity contribution >= 4 is 27.7 Å². The molecule has 0 spiro atoms. The van der Waals surface area contributed by atoms with Crippen molar-refractivity contribution < 1.29 is 22.7 Å². The molecule has 1 heterocycles. The molecule has 9 heteroatoms. The fourth-order valence-electron chi connectivity index (χ4n) is 2.36. The Morgan fingerprint density at radius 3 is 2.52 bits per heavy atom. The zero-order chi connectivity index (χ0) is 18.8. The minimum Gasteiger partial charge on any atom is -0.444 e. The number of rotatable bonds is 2. The lowest BCUT2D eigenvalue weighted by molar-refractivity contribution is 0.102. The number of ketones is 1. The molecule has 0 unspecified atom stereocenters. The third-order valence-corrected chi connectivity index (χ3v) is 5.70. The van der Waals surface area contributed by atoms with Crippen molar-refractivity contribution in [1.29, 1.82) is 0 Å². The number of hydrogen-bond acceptors (Lipinski definition) is 6. The van der Waals surface area contributed by atoms with E-state index in [2.05, 4.69) is 10.3 Å². The minimum atomic E-state index is -3.90. The molecule has 1 amide bonds. The van der Waals surface area contributed by atoms with Gasteiger partial charge in [0.25, 0.3) is 0 Å². The van der Waals surface area contributed by atoms with Crippen LogP contribution < -0.4 is 5.32 Å². The summed E-state index contributed by atoms with van der Waals surface area (Å²) in [5.74, 6) is -0.142. The quantitative estimate of drug-likeness (QED) is 0.624. The first-order valence-corrected chi connectivity index (χ1v) is 8.85. The number of nitrogens with zero attached hydrogens (tertiary/aromatic N) is 2. The SMILES string of the molecule is CN=C(NC(=O)OCC1=C(C)C(=O)c2ccccc2S1(=O)=O)N(C)C. The summed E-state index contributed by atoms with van der Waals surface area (Å²) < 4.78 is 30.4. The standard InChI is InChI=1S/C16H19N3O5S/c1-10-13(9-24-16(21)18-15(17-2)19(3)4)25(22,23)12-8-6-5-7-11(12)14(10)20/h5-8H,9H2,1-4H3,(H,17,18,21). The predicted octanol–water partition coefficient (Wildman–Crippen LogP) is 1.20. The first kappa shape index (κ1) is 18.7. The Labute approximate surface area is 146 Å². The van der Waals surface area contributed by atoms with Crippen molar-refractivity contribution in [3.63, 3.8) is 0 Å². The number of guanidine groups is 1. The number of nitrogens with one attached hydrogen (secondary N) is 1. The molecule has 1 N–H and O–H groups in total. The van der Waals surface area contributed by atoms with Crippen LogP contribution in [0.3, 0.4) is 0 Å². The molecule has 0 radical (unpaired) electrons. The summed E-state index contributed by atoms with van der Waals surface area (Å²) in [7, 11) is 0.946. The van der Waals surface area contributed by atoms with Gasteiger partial charge < -0.3 is 9.64 Å². The molecule has 0 aromatic heterocycles. The van der Waals surface area contributed by atoms with Gasteiger partial charge >= 0.3 is 6.09 Å². The van der Waals surface area contributed by atoms with Gasteiger partial charge in [0.1, 0.15) is 6.61 Å². The van der Waals surface area contributed by atoms with Crippen LogP contribution in [0.5, 0.6) is 0 Å². The molecule has 1 aliphatic rings. The number of alkyl carbamates (subject to hydrolysis) is 1. The number of allylic oxidation sites excluding steroid dienone is 1. The molecule has 0 aliphatic carbocycles. The number of carbonyl (C=O) groups excluding carboxylic acids is 2. The second kappa shape index (κ2) is 7.06. The molecule has 1 aromatic rings. The lowest BCUT2D eigenvalue weighted by Crippen LogP contribution is -2.40. The number of amides is 1. The van der Waals surface area contributed by atoms with Crippen LogP contribution in [0.15, 0.2) is 44.6 Å². The highest BCUT2D eigenvalue weighted by Gasteiger charge is 2.35. The molecule has 25 heavy (non-hydrogen) atoms. The Bertz CT molecular complexity index is 885. The van der Waals surface area contributed by atoms with Gasteiger partial charge in [-0.1, -0.05) is 12.1 Å². The first-order chi connectivity index (χ1) is 11.7. The summed E-state index contributed by atoms with van der Waals surface area (Å²) in [5, 5.41) is 2.39. The van der Waals surface area contributed by atoms with Crippen LogP contribution in [0, 0.1) is 0 Å². The number of aliphatic imine (C=N–C) groups is 1. The zero-order valence-corrected chi connectivity index (χ0v) is 15.2. The van der Waals surface area contributed by atoms with E-state index in [9.17, 15) is 18.0 Å². The fourth-order valence-corrected chi connectivity index (χ4v) is 4.05. The van der Waals surface area contributed by atoms with E-state index in [0.29, 0.717) is 0 Å². The Balaban J connectivity index is 2.24. The third kappa shape index (κ3) is 3.55.